The fourth-order valence-corrected chi connectivity index (χ4v) is 2.22. The molecule has 0 atom stereocenters. The highest BCUT2D eigenvalue weighted by Gasteiger charge is 2.40. The van der Waals surface area contributed by atoms with Gasteiger partial charge in [-0.2, -0.15) is 13.2 Å². The van der Waals surface area contributed by atoms with Crippen LogP contribution in [0.2, 0.25) is 0 Å². The zero-order chi connectivity index (χ0) is 22.9. The van der Waals surface area contributed by atoms with Gasteiger partial charge in [0.15, 0.2) is 23.9 Å². The monoisotopic (exact) mass is 443 g/mol. The Morgan fingerprint density at radius 2 is 1.87 bits per heavy atom. The zero-order valence-electron chi connectivity index (χ0n) is 16.1. The van der Waals surface area contributed by atoms with Gasteiger partial charge in [0, 0.05) is 39.0 Å². The highest BCUT2D eigenvalue weighted by Crippen LogP contribution is 2.27. The first-order valence-electron chi connectivity index (χ1n) is 8.63. The van der Waals surface area contributed by atoms with Gasteiger partial charge in [0.1, 0.15) is 0 Å². The average molecular weight is 443 g/mol. The minimum absolute atomic E-state index is 0.00781. The number of aliphatic carboxylic acids is 1. The Labute approximate surface area is 168 Å². The fourth-order valence-electron chi connectivity index (χ4n) is 2.22. The number of nitrogens with one attached hydrogen (secondary N) is 1. The number of carbonyl (C=O) groups excluding carboxylic acids is 2. The highest BCUT2D eigenvalue weighted by molar-refractivity contribution is 5.87. The number of rotatable bonds is 5. The smallest absolute Gasteiger partial charge is 0.475 e. The van der Waals surface area contributed by atoms with E-state index in [0.717, 1.165) is 4.90 Å². The number of alkyl halides is 4. The number of hydrogen-bond acceptors (Lipinski definition) is 8. The van der Waals surface area contributed by atoms with E-state index in [2.05, 4.69) is 10.5 Å². The number of carbonyl (C=O) groups is 3. The van der Waals surface area contributed by atoms with Crippen LogP contribution >= 0.6 is 0 Å². The Morgan fingerprint density at radius 1 is 1.30 bits per heavy atom. The number of carboxylic acid groups (broad SMARTS) is 1. The van der Waals surface area contributed by atoms with Crippen LogP contribution in [0.3, 0.4) is 0 Å². The predicted octanol–water partition coefficient (Wildman–Crippen LogP) is 2.10. The van der Waals surface area contributed by atoms with Crippen LogP contribution in [0.5, 0.6) is 0 Å². The zero-order valence-corrected chi connectivity index (χ0v) is 16.1. The van der Waals surface area contributed by atoms with Gasteiger partial charge in [0.25, 0.3) is 0 Å². The van der Waals surface area contributed by atoms with E-state index in [1.165, 1.54) is 13.1 Å². The molecule has 1 amide bonds. The Kier molecular flexibility index (Phi) is 9.01. The summed E-state index contributed by atoms with van der Waals surface area (Å²) in [6.07, 6.45) is -5.48. The van der Waals surface area contributed by atoms with E-state index < -0.39 is 30.0 Å². The summed E-state index contributed by atoms with van der Waals surface area (Å²) in [6, 6.07) is 1.32. The standard InChI is InChI=1S/C14H20FN3O5.C2HF3O2/c1-3-21-12(19)11-8-10(23-17-11)9-22-13(20)18(2)14(15)4-6-16-7-5-14;3-2(4,5)1(6)7/h8,16H,3-7,9H2,1-2H3;(H,6,7). The third-order valence-electron chi connectivity index (χ3n) is 3.87. The third-order valence-corrected chi connectivity index (χ3v) is 3.87. The Bertz CT molecular complexity index is 733. The van der Waals surface area contributed by atoms with Gasteiger partial charge in [-0.15, -0.1) is 0 Å². The molecule has 10 nitrogen and oxygen atoms in total. The molecule has 170 valence electrons. The molecule has 1 aromatic rings. The van der Waals surface area contributed by atoms with Crippen molar-refractivity contribution in [2.75, 3.05) is 26.7 Å². The van der Waals surface area contributed by atoms with E-state index >= 15 is 0 Å². The molecule has 14 heteroatoms. The van der Waals surface area contributed by atoms with Crippen molar-refractivity contribution in [2.24, 2.45) is 0 Å². The van der Waals surface area contributed by atoms with Gasteiger partial charge in [0.05, 0.1) is 6.61 Å². The summed E-state index contributed by atoms with van der Waals surface area (Å²) in [4.78, 5) is 33.2. The molecule has 0 unspecified atom stereocenters. The lowest BCUT2D eigenvalue weighted by Crippen LogP contribution is -2.52. The average Bonchev–Trinajstić information content (AvgIpc) is 3.15. The topological polar surface area (TPSA) is 131 Å². The molecule has 1 fully saturated rings. The molecule has 0 radical (unpaired) electrons. The van der Waals surface area contributed by atoms with E-state index in [9.17, 15) is 27.2 Å². The fraction of sp³-hybridized carbons (Fsp3) is 0.625. The molecule has 1 aliphatic heterocycles. The number of nitrogens with zero attached hydrogens (tertiary/aromatic N) is 2. The van der Waals surface area contributed by atoms with E-state index in [1.54, 1.807) is 6.92 Å². The molecular formula is C16H21F4N3O7. The van der Waals surface area contributed by atoms with Gasteiger partial charge >= 0.3 is 24.2 Å². The maximum absolute atomic E-state index is 14.6. The van der Waals surface area contributed by atoms with Gasteiger partial charge < -0.3 is 24.4 Å². The first kappa shape index (κ1) is 25.1. The van der Waals surface area contributed by atoms with Gasteiger partial charge in [-0.1, -0.05) is 5.16 Å². The van der Waals surface area contributed by atoms with Crippen molar-refractivity contribution in [3.63, 3.8) is 0 Å². The molecule has 2 heterocycles. The summed E-state index contributed by atoms with van der Waals surface area (Å²) in [5, 5.41) is 13.7. The van der Waals surface area contributed by atoms with Crippen molar-refractivity contribution in [3.05, 3.63) is 17.5 Å². The Morgan fingerprint density at radius 3 is 2.37 bits per heavy atom. The number of hydrogen-bond donors (Lipinski definition) is 2. The van der Waals surface area contributed by atoms with E-state index in [1.807, 2.05) is 0 Å². The van der Waals surface area contributed by atoms with Crippen LogP contribution in [0.15, 0.2) is 10.6 Å². The minimum atomic E-state index is -5.08. The van der Waals surface area contributed by atoms with Crippen LogP contribution in [0.1, 0.15) is 36.0 Å². The van der Waals surface area contributed by atoms with Gasteiger partial charge in [-0.25, -0.2) is 18.8 Å². The van der Waals surface area contributed by atoms with Gasteiger partial charge in [-0.05, 0) is 6.92 Å². The third kappa shape index (κ3) is 7.50. The summed E-state index contributed by atoms with van der Waals surface area (Å²) in [6.45, 7) is 2.64. The molecule has 0 bridgehead atoms. The van der Waals surface area contributed by atoms with E-state index in [-0.39, 0.29) is 37.5 Å². The lowest BCUT2D eigenvalue weighted by molar-refractivity contribution is -0.192. The number of piperidine rings is 1. The maximum Gasteiger partial charge on any atom is 0.490 e. The normalized spacial score (nSPS) is 15.4. The quantitative estimate of drug-likeness (QED) is 0.399. The van der Waals surface area contributed by atoms with E-state index in [0.29, 0.717) is 13.1 Å². The molecule has 1 aliphatic rings. The highest BCUT2D eigenvalue weighted by atomic mass is 19.4. The van der Waals surface area contributed by atoms with Gasteiger partial charge in [-0.3, -0.25) is 4.90 Å². The molecular weight excluding hydrogens is 422 g/mol. The molecule has 1 saturated heterocycles. The number of amides is 1. The number of carboxylic acids is 1. The van der Waals surface area contributed by atoms with Crippen LogP contribution in [0.25, 0.3) is 0 Å². The lowest BCUT2D eigenvalue weighted by atomic mass is 10.0. The molecule has 1 aromatic heterocycles. The van der Waals surface area contributed by atoms with E-state index in [4.69, 9.17) is 23.9 Å². The molecule has 0 saturated carbocycles. The SMILES string of the molecule is CCOC(=O)c1cc(COC(=O)N(C)C2(F)CCNCC2)on1.O=C(O)C(F)(F)F. The van der Waals surface area contributed by atoms with Crippen molar-refractivity contribution in [3.8, 4) is 0 Å². The molecule has 0 spiro atoms. The summed E-state index contributed by atoms with van der Waals surface area (Å²) in [5.74, 6) is -4.93. The first-order chi connectivity index (χ1) is 13.9. The summed E-state index contributed by atoms with van der Waals surface area (Å²) < 4.78 is 61.0. The maximum atomic E-state index is 14.6. The second-order valence-corrected chi connectivity index (χ2v) is 5.98. The van der Waals surface area contributed by atoms with Crippen molar-refractivity contribution in [1.29, 1.82) is 0 Å². The predicted molar refractivity (Wildman–Crippen MR) is 90.0 cm³/mol. The van der Waals surface area contributed by atoms with Crippen LogP contribution in [0, 0.1) is 0 Å². The number of halogens is 4. The second kappa shape index (κ2) is 10.8. The van der Waals surface area contributed by atoms with Crippen LogP contribution in [0.4, 0.5) is 22.4 Å². The lowest BCUT2D eigenvalue weighted by Gasteiger charge is -2.37. The van der Waals surface area contributed by atoms with Crippen LogP contribution < -0.4 is 5.32 Å². The molecule has 2 rings (SSSR count). The summed E-state index contributed by atoms with van der Waals surface area (Å²) in [7, 11) is 1.36. The number of ether oxygens (including phenoxy) is 2. The van der Waals surface area contributed by atoms with Crippen molar-refractivity contribution in [2.45, 2.75) is 38.3 Å². The molecule has 2 N–H and O–H groups in total. The summed E-state index contributed by atoms with van der Waals surface area (Å²) in [5.41, 5.74) is -0.00781. The molecule has 0 aliphatic carbocycles. The van der Waals surface area contributed by atoms with Crippen molar-refractivity contribution < 1.29 is 51.0 Å². The van der Waals surface area contributed by atoms with Crippen molar-refractivity contribution in [1.82, 2.24) is 15.4 Å². The number of esters is 1. The molecule has 30 heavy (non-hydrogen) atoms. The largest absolute Gasteiger partial charge is 0.490 e. The Balaban J connectivity index is 0.000000553. The Hall–Kier alpha value is -2.90. The van der Waals surface area contributed by atoms with Gasteiger partial charge in [0.2, 0.25) is 0 Å². The first-order valence-corrected chi connectivity index (χ1v) is 8.63. The van der Waals surface area contributed by atoms with Crippen molar-refractivity contribution >= 4 is 18.0 Å². The van der Waals surface area contributed by atoms with Crippen LogP contribution in [-0.4, -0.2) is 71.9 Å². The number of aromatic nitrogens is 1. The second-order valence-electron chi connectivity index (χ2n) is 5.98. The summed E-state index contributed by atoms with van der Waals surface area (Å²) >= 11 is 0. The minimum Gasteiger partial charge on any atom is -0.475 e. The van der Waals surface area contributed by atoms with Crippen LogP contribution in [-0.2, 0) is 20.9 Å². The molecule has 0 aromatic carbocycles.